The standard InChI is InChI=1S/C11H15O3P/c1-11(2,3)10(12)8-6-4-5-7-9(8)14-15-13/h4-7H,15H2,1-3H3. The van der Waals surface area contributed by atoms with Gasteiger partial charge in [0.15, 0.2) is 5.78 Å². The van der Waals surface area contributed by atoms with Crippen LogP contribution >= 0.6 is 8.69 Å². The molecular formula is C11H15O3P. The summed E-state index contributed by atoms with van der Waals surface area (Å²) in [5.41, 5.74) is 0.0332. The van der Waals surface area contributed by atoms with E-state index in [2.05, 4.69) is 0 Å². The molecule has 4 heteroatoms. The van der Waals surface area contributed by atoms with E-state index in [1.807, 2.05) is 20.8 Å². The smallest absolute Gasteiger partial charge is 0.225 e. The van der Waals surface area contributed by atoms with Crippen LogP contribution in [0.3, 0.4) is 0 Å². The minimum absolute atomic E-state index is 0.00838. The fourth-order valence-electron chi connectivity index (χ4n) is 1.21. The van der Waals surface area contributed by atoms with E-state index >= 15 is 0 Å². The molecule has 0 aliphatic rings. The second kappa shape index (κ2) is 4.63. The van der Waals surface area contributed by atoms with Gasteiger partial charge in [0.1, 0.15) is 5.75 Å². The Hall–Kier alpha value is -1.08. The maximum atomic E-state index is 12.0. The van der Waals surface area contributed by atoms with Crippen molar-refractivity contribution in [3.8, 4) is 5.75 Å². The first-order chi connectivity index (χ1) is 6.96. The third kappa shape index (κ3) is 2.93. The molecule has 3 nitrogen and oxygen atoms in total. The zero-order chi connectivity index (χ0) is 11.5. The van der Waals surface area contributed by atoms with Crippen LogP contribution in [0.25, 0.3) is 0 Å². The molecule has 0 N–H and O–H groups in total. The Morgan fingerprint density at radius 2 is 1.87 bits per heavy atom. The Balaban J connectivity index is 3.13. The van der Waals surface area contributed by atoms with E-state index in [0.29, 0.717) is 11.3 Å². The number of ketones is 1. The summed E-state index contributed by atoms with van der Waals surface area (Å²) in [4.78, 5) is 12.0. The molecule has 1 aromatic carbocycles. The van der Waals surface area contributed by atoms with Crippen molar-refractivity contribution in [3.63, 3.8) is 0 Å². The van der Waals surface area contributed by atoms with Gasteiger partial charge in [0.25, 0.3) is 0 Å². The fourth-order valence-corrected chi connectivity index (χ4v) is 1.52. The highest BCUT2D eigenvalue weighted by Gasteiger charge is 2.25. The lowest BCUT2D eigenvalue weighted by atomic mass is 9.86. The van der Waals surface area contributed by atoms with Crippen LogP contribution in [-0.4, -0.2) is 5.78 Å². The number of benzene rings is 1. The summed E-state index contributed by atoms with van der Waals surface area (Å²) in [5.74, 6) is 0.397. The molecule has 0 fully saturated rings. The molecule has 1 unspecified atom stereocenters. The molecule has 0 saturated heterocycles. The molecular weight excluding hydrogens is 211 g/mol. The van der Waals surface area contributed by atoms with Crippen LogP contribution in [0.1, 0.15) is 31.1 Å². The van der Waals surface area contributed by atoms with Gasteiger partial charge in [0.2, 0.25) is 8.69 Å². The first-order valence-corrected chi connectivity index (χ1v) is 5.65. The van der Waals surface area contributed by atoms with Crippen LogP contribution in [0.4, 0.5) is 0 Å². The maximum absolute atomic E-state index is 12.0. The van der Waals surface area contributed by atoms with Crippen molar-refractivity contribution in [1.29, 1.82) is 0 Å². The molecule has 0 aliphatic heterocycles. The Morgan fingerprint density at radius 3 is 2.40 bits per heavy atom. The number of rotatable bonds is 3. The second-order valence-electron chi connectivity index (χ2n) is 4.29. The van der Waals surface area contributed by atoms with Crippen molar-refractivity contribution in [2.75, 3.05) is 0 Å². The van der Waals surface area contributed by atoms with Gasteiger partial charge in [0, 0.05) is 5.41 Å². The molecule has 0 radical (unpaired) electrons. The van der Waals surface area contributed by atoms with E-state index in [1.165, 1.54) is 0 Å². The third-order valence-corrected chi connectivity index (χ3v) is 2.34. The van der Waals surface area contributed by atoms with Gasteiger partial charge in [-0.2, -0.15) is 0 Å². The van der Waals surface area contributed by atoms with Crippen LogP contribution in [-0.2, 0) is 4.57 Å². The number of hydrogen-bond donors (Lipinski definition) is 0. The highest BCUT2D eigenvalue weighted by atomic mass is 31.1. The molecule has 0 bridgehead atoms. The predicted octanol–water partition coefficient (Wildman–Crippen LogP) is 2.97. The van der Waals surface area contributed by atoms with Crippen molar-refractivity contribution >= 4 is 14.5 Å². The number of Topliss-reactive ketones (excluding diaryl/α,β-unsaturated/α-hetero) is 1. The summed E-state index contributed by atoms with van der Waals surface area (Å²) in [6, 6.07) is 6.87. The number of carbonyl (C=O) groups is 1. The van der Waals surface area contributed by atoms with Gasteiger partial charge in [-0.1, -0.05) is 32.9 Å². The Labute approximate surface area is 90.7 Å². The molecule has 0 aliphatic carbocycles. The molecule has 0 spiro atoms. The van der Waals surface area contributed by atoms with Gasteiger partial charge in [-0.3, -0.25) is 9.36 Å². The molecule has 0 saturated carbocycles. The lowest BCUT2D eigenvalue weighted by molar-refractivity contribution is 0.0856. The fraction of sp³-hybridized carbons (Fsp3) is 0.364. The van der Waals surface area contributed by atoms with Crippen molar-refractivity contribution in [2.24, 2.45) is 5.41 Å². The summed E-state index contributed by atoms with van der Waals surface area (Å²) in [5, 5.41) is 0. The van der Waals surface area contributed by atoms with E-state index in [0.717, 1.165) is 0 Å². The number of carbonyl (C=O) groups excluding carboxylic acids is 1. The Morgan fingerprint density at radius 1 is 1.27 bits per heavy atom. The first kappa shape index (κ1) is 12.0. The number of hydrogen-bond acceptors (Lipinski definition) is 3. The van der Waals surface area contributed by atoms with Crippen molar-refractivity contribution in [2.45, 2.75) is 20.8 Å². The van der Waals surface area contributed by atoms with Gasteiger partial charge in [-0.15, -0.1) is 0 Å². The van der Waals surface area contributed by atoms with Gasteiger partial charge < -0.3 is 4.52 Å². The monoisotopic (exact) mass is 226 g/mol. The summed E-state index contributed by atoms with van der Waals surface area (Å²) in [6.07, 6.45) is 0. The molecule has 82 valence electrons. The minimum Gasteiger partial charge on any atom is -0.446 e. The van der Waals surface area contributed by atoms with Gasteiger partial charge in [0.05, 0.1) is 5.56 Å². The van der Waals surface area contributed by atoms with Crippen LogP contribution in [0, 0.1) is 5.41 Å². The summed E-state index contributed by atoms with van der Waals surface area (Å²) in [7, 11) is -1.34. The zero-order valence-electron chi connectivity index (χ0n) is 9.11. The Kier molecular flexibility index (Phi) is 3.70. The van der Waals surface area contributed by atoms with Crippen LogP contribution in [0.15, 0.2) is 24.3 Å². The average Bonchev–Trinajstić information content (AvgIpc) is 2.17. The summed E-state index contributed by atoms with van der Waals surface area (Å²) < 4.78 is 15.4. The second-order valence-corrected chi connectivity index (χ2v) is 4.72. The lowest BCUT2D eigenvalue weighted by Crippen LogP contribution is -2.20. The van der Waals surface area contributed by atoms with E-state index < -0.39 is 14.1 Å². The molecule has 1 aromatic rings. The van der Waals surface area contributed by atoms with Gasteiger partial charge in [-0.25, -0.2) is 0 Å². The Bertz CT molecular complexity index is 380. The molecule has 0 amide bonds. The molecule has 1 rings (SSSR count). The van der Waals surface area contributed by atoms with Gasteiger partial charge >= 0.3 is 0 Å². The van der Waals surface area contributed by atoms with E-state index in [4.69, 9.17) is 4.52 Å². The topological polar surface area (TPSA) is 43.4 Å². The van der Waals surface area contributed by atoms with Crippen LogP contribution in [0.5, 0.6) is 5.75 Å². The largest absolute Gasteiger partial charge is 0.446 e. The van der Waals surface area contributed by atoms with Crippen molar-refractivity contribution in [1.82, 2.24) is 0 Å². The van der Waals surface area contributed by atoms with Crippen LogP contribution < -0.4 is 4.52 Å². The lowest BCUT2D eigenvalue weighted by Gasteiger charge is -2.17. The van der Waals surface area contributed by atoms with Crippen molar-refractivity contribution < 1.29 is 13.9 Å². The summed E-state index contributed by atoms with van der Waals surface area (Å²) in [6.45, 7) is 5.53. The molecule has 15 heavy (non-hydrogen) atoms. The normalized spacial score (nSPS) is 11.9. The van der Waals surface area contributed by atoms with E-state index in [9.17, 15) is 9.36 Å². The van der Waals surface area contributed by atoms with E-state index in [-0.39, 0.29) is 5.78 Å². The predicted molar refractivity (Wildman–Crippen MR) is 61.3 cm³/mol. The molecule has 1 atom stereocenters. The van der Waals surface area contributed by atoms with E-state index in [1.54, 1.807) is 24.3 Å². The average molecular weight is 226 g/mol. The van der Waals surface area contributed by atoms with Gasteiger partial charge in [-0.05, 0) is 12.1 Å². The molecule has 0 heterocycles. The summed E-state index contributed by atoms with van der Waals surface area (Å²) >= 11 is 0. The number of para-hydroxylation sites is 1. The minimum atomic E-state index is -1.34. The van der Waals surface area contributed by atoms with Crippen LogP contribution in [0.2, 0.25) is 0 Å². The zero-order valence-corrected chi connectivity index (χ0v) is 10.3. The quantitative estimate of drug-likeness (QED) is 0.587. The molecule has 0 aromatic heterocycles. The highest BCUT2D eigenvalue weighted by Crippen LogP contribution is 2.28. The van der Waals surface area contributed by atoms with Crippen molar-refractivity contribution in [3.05, 3.63) is 29.8 Å². The third-order valence-electron chi connectivity index (χ3n) is 1.99. The first-order valence-electron chi connectivity index (χ1n) is 4.71. The SMILES string of the molecule is CC(C)(C)C(=O)c1ccccc1O[PH2]=O. The highest BCUT2D eigenvalue weighted by molar-refractivity contribution is 7.17. The maximum Gasteiger partial charge on any atom is 0.225 e.